The van der Waals surface area contributed by atoms with Gasteiger partial charge in [-0.3, -0.25) is 0 Å². The number of carbonyl (C=O) groups is 2. The Morgan fingerprint density at radius 2 is 1.81 bits per heavy atom. The number of carbonyl (C=O) groups excluding carboxylic acids is 2. The molecule has 1 aliphatic rings. The minimum absolute atomic E-state index is 0.132. The van der Waals surface area contributed by atoms with Crippen molar-refractivity contribution in [2.45, 2.75) is 44.5 Å². The summed E-state index contributed by atoms with van der Waals surface area (Å²) in [5.74, 6) is -3.70. The largest absolute Gasteiger partial charge is 0.495 e. The Labute approximate surface area is 154 Å². The Bertz CT molecular complexity index is 646. The number of ether oxygens (including phenoxy) is 1. The van der Waals surface area contributed by atoms with Gasteiger partial charge in [0.1, 0.15) is 5.41 Å². The van der Waals surface area contributed by atoms with Crippen LogP contribution in [0, 0.1) is 5.41 Å². The van der Waals surface area contributed by atoms with Gasteiger partial charge in [-0.05, 0) is 38.3 Å². The number of benzene rings is 1. The molecule has 0 aliphatic carbocycles. The summed E-state index contributed by atoms with van der Waals surface area (Å²) in [6.07, 6.45) is -4.21. The molecule has 0 spiro atoms. The number of methoxy groups -OCH3 is 1. The zero-order chi connectivity index (χ0) is 20.1. The summed E-state index contributed by atoms with van der Waals surface area (Å²) in [4.78, 5) is 31.6. The van der Waals surface area contributed by atoms with Gasteiger partial charge in [-0.2, -0.15) is 13.2 Å². The second kappa shape index (κ2) is 8.71. The molecular weight excluding hydrogens is 367 g/mol. The summed E-state index contributed by atoms with van der Waals surface area (Å²) in [7, 11) is 1.42. The van der Waals surface area contributed by atoms with E-state index in [2.05, 4.69) is 15.1 Å². The summed E-state index contributed by atoms with van der Waals surface area (Å²) in [5, 5.41) is 3.22. The molecule has 6 nitrogen and oxygen atoms in total. The number of nitrogens with one attached hydrogen (secondary N) is 1. The molecule has 1 aromatic carbocycles. The number of halogens is 3. The van der Waals surface area contributed by atoms with Crippen molar-refractivity contribution in [3.63, 3.8) is 0 Å². The van der Waals surface area contributed by atoms with Gasteiger partial charge in [0.2, 0.25) is 0 Å². The molecule has 150 valence electrons. The van der Waals surface area contributed by atoms with Crippen LogP contribution in [0.15, 0.2) is 30.3 Å². The lowest BCUT2D eigenvalue weighted by molar-refractivity contribution is -0.293. The fourth-order valence-electron chi connectivity index (χ4n) is 3.37. The van der Waals surface area contributed by atoms with Crippen molar-refractivity contribution >= 4 is 11.9 Å². The Kier molecular flexibility index (Phi) is 6.83. The zero-order valence-corrected chi connectivity index (χ0v) is 15.0. The molecule has 2 rings (SSSR count). The molecule has 0 unspecified atom stereocenters. The van der Waals surface area contributed by atoms with Gasteiger partial charge in [0.05, 0.1) is 6.10 Å². The monoisotopic (exact) mass is 389 g/mol. The van der Waals surface area contributed by atoms with Crippen LogP contribution in [0.4, 0.5) is 13.2 Å². The van der Waals surface area contributed by atoms with E-state index in [4.69, 9.17) is 4.74 Å². The van der Waals surface area contributed by atoms with Crippen LogP contribution in [-0.2, 0) is 30.5 Å². The second-order valence-corrected chi connectivity index (χ2v) is 6.68. The summed E-state index contributed by atoms with van der Waals surface area (Å²) < 4.78 is 42.5. The number of hydrogen-bond donors (Lipinski definition) is 1. The van der Waals surface area contributed by atoms with Gasteiger partial charge in [-0.15, -0.1) is 0 Å². The van der Waals surface area contributed by atoms with E-state index in [1.54, 1.807) is 30.3 Å². The van der Waals surface area contributed by atoms with Gasteiger partial charge >= 0.3 is 18.1 Å². The van der Waals surface area contributed by atoms with E-state index >= 15 is 0 Å². The molecule has 0 aromatic heterocycles. The van der Waals surface area contributed by atoms with Crippen molar-refractivity contribution in [2.75, 3.05) is 13.7 Å². The lowest BCUT2D eigenvalue weighted by Gasteiger charge is -2.37. The van der Waals surface area contributed by atoms with Gasteiger partial charge < -0.3 is 10.1 Å². The highest BCUT2D eigenvalue weighted by molar-refractivity contribution is 5.80. The summed E-state index contributed by atoms with van der Waals surface area (Å²) in [5.41, 5.74) is -0.622. The molecule has 1 heterocycles. The highest BCUT2D eigenvalue weighted by Crippen LogP contribution is 2.35. The molecule has 0 radical (unpaired) electrons. The van der Waals surface area contributed by atoms with Crippen LogP contribution in [-0.4, -0.2) is 43.9 Å². The molecule has 0 amide bonds. The summed E-state index contributed by atoms with van der Waals surface area (Å²) in [6, 6.07) is 8.73. The molecule has 1 saturated heterocycles. The van der Waals surface area contributed by atoms with Gasteiger partial charge in [-0.1, -0.05) is 30.3 Å². The van der Waals surface area contributed by atoms with Crippen molar-refractivity contribution in [2.24, 2.45) is 5.41 Å². The summed E-state index contributed by atoms with van der Waals surface area (Å²) >= 11 is 0. The smallest absolute Gasteiger partial charge is 0.379 e. The van der Waals surface area contributed by atoms with E-state index in [-0.39, 0.29) is 12.5 Å². The maximum absolute atomic E-state index is 12.7. The Morgan fingerprint density at radius 3 is 2.33 bits per heavy atom. The average molecular weight is 389 g/mol. The van der Waals surface area contributed by atoms with E-state index in [9.17, 15) is 22.8 Å². The van der Waals surface area contributed by atoms with Crippen LogP contribution < -0.4 is 5.32 Å². The minimum Gasteiger partial charge on any atom is -0.379 e. The number of alkyl halides is 3. The first-order valence-corrected chi connectivity index (χ1v) is 8.48. The Morgan fingerprint density at radius 1 is 1.19 bits per heavy atom. The van der Waals surface area contributed by atoms with E-state index in [0.717, 1.165) is 24.9 Å². The minimum atomic E-state index is -5.26. The predicted molar refractivity (Wildman–Crippen MR) is 88.3 cm³/mol. The van der Waals surface area contributed by atoms with Gasteiger partial charge in [0, 0.05) is 13.2 Å². The SMILES string of the molecule is CO[C@@H]([C@@H]1CCCN1)[C@@](C)(Cc1ccccc1)C(=O)OOC(=O)C(F)(F)F. The molecule has 0 bridgehead atoms. The third-order valence-corrected chi connectivity index (χ3v) is 4.65. The third-order valence-electron chi connectivity index (χ3n) is 4.65. The van der Waals surface area contributed by atoms with Gasteiger partial charge in [0.15, 0.2) is 0 Å². The van der Waals surface area contributed by atoms with Crippen LogP contribution >= 0.6 is 0 Å². The molecule has 1 N–H and O–H groups in total. The summed E-state index contributed by atoms with van der Waals surface area (Å²) in [6.45, 7) is 2.27. The maximum atomic E-state index is 12.7. The quantitative estimate of drug-likeness (QED) is 0.596. The lowest BCUT2D eigenvalue weighted by Crippen LogP contribution is -2.53. The fraction of sp³-hybridized carbons (Fsp3) is 0.556. The first-order valence-electron chi connectivity index (χ1n) is 8.48. The second-order valence-electron chi connectivity index (χ2n) is 6.68. The fourth-order valence-corrected chi connectivity index (χ4v) is 3.37. The molecule has 1 aromatic rings. The molecular formula is C18H22F3NO5. The number of rotatable bonds is 6. The normalized spacial score (nSPS) is 20.6. The van der Waals surface area contributed by atoms with Crippen molar-refractivity contribution in [1.29, 1.82) is 0 Å². The third kappa shape index (κ3) is 5.20. The zero-order valence-electron chi connectivity index (χ0n) is 15.0. The highest BCUT2D eigenvalue weighted by atomic mass is 19.4. The van der Waals surface area contributed by atoms with Crippen LogP contribution in [0.1, 0.15) is 25.3 Å². The van der Waals surface area contributed by atoms with E-state index in [0.29, 0.717) is 0 Å². The molecule has 3 atom stereocenters. The van der Waals surface area contributed by atoms with Crippen LogP contribution in [0.5, 0.6) is 0 Å². The molecule has 9 heteroatoms. The maximum Gasteiger partial charge on any atom is 0.495 e. The Hall–Kier alpha value is -2.13. The average Bonchev–Trinajstić information content (AvgIpc) is 3.14. The highest BCUT2D eigenvalue weighted by Gasteiger charge is 2.50. The molecule has 1 aliphatic heterocycles. The van der Waals surface area contributed by atoms with Gasteiger partial charge in [-0.25, -0.2) is 19.4 Å². The van der Waals surface area contributed by atoms with E-state index in [1.165, 1.54) is 14.0 Å². The van der Waals surface area contributed by atoms with Crippen LogP contribution in [0.3, 0.4) is 0 Å². The molecule has 1 fully saturated rings. The van der Waals surface area contributed by atoms with Crippen molar-refractivity contribution in [3.8, 4) is 0 Å². The predicted octanol–water partition coefficient (Wildman–Crippen LogP) is 2.57. The first-order chi connectivity index (χ1) is 12.7. The Balaban J connectivity index is 2.24. The van der Waals surface area contributed by atoms with Gasteiger partial charge in [0.25, 0.3) is 0 Å². The van der Waals surface area contributed by atoms with Crippen LogP contribution in [0.2, 0.25) is 0 Å². The topological polar surface area (TPSA) is 73.9 Å². The first kappa shape index (κ1) is 21.2. The van der Waals surface area contributed by atoms with E-state index in [1.807, 2.05) is 0 Å². The lowest BCUT2D eigenvalue weighted by atomic mass is 9.75. The molecule has 0 saturated carbocycles. The van der Waals surface area contributed by atoms with E-state index < -0.39 is 29.6 Å². The van der Waals surface area contributed by atoms with Crippen LogP contribution in [0.25, 0.3) is 0 Å². The molecule has 27 heavy (non-hydrogen) atoms. The van der Waals surface area contributed by atoms with Crippen molar-refractivity contribution in [3.05, 3.63) is 35.9 Å². The van der Waals surface area contributed by atoms with Crippen molar-refractivity contribution in [1.82, 2.24) is 5.32 Å². The number of hydrogen-bond acceptors (Lipinski definition) is 6. The van der Waals surface area contributed by atoms with Crippen molar-refractivity contribution < 1.29 is 37.3 Å². The standard InChI is InChI=1S/C18H22F3NO5/c1-17(11-12-7-4-3-5-8-12,14(25-2)13-9-6-10-22-13)15(23)26-27-16(24)18(19,20)21/h3-5,7-8,13-14,22H,6,9-11H2,1-2H3/t13-,14-,17+/m0/s1.